The van der Waals surface area contributed by atoms with Gasteiger partial charge in [0.15, 0.2) is 11.6 Å². The molecule has 1 N–H and O–H groups in total. The molecule has 9 nitrogen and oxygen atoms in total. The third-order valence-corrected chi connectivity index (χ3v) is 8.27. The maximum absolute atomic E-state index is 13.2. The molecule has 1 atom stereocenters. The summed E-state index contributed by atoms with van der Waals surface area (Å²) in [6.45, 7) is 3.85. The fraction of sp³-hybridized carbons (Fsp3) is 0.619. The van der Waals surface area contributed by atoms with Gasteiger partial charge in [0.05, 0.1) is 19.1 Å². The number of carbonyl (C=O) groups is 2. The third-order valence-electron chi connectivity index (χ3n) is 6.26. The zero-order valence-corrected chi connectivity index (χ0v) is 18.5. The molecule has 10 heteroatoms. The number of hydrogen-bond acceptors (Lipinski definition) is 6. The number of rotatable bonds is 5. The van der Waals surface area contributed by atoms with Gasteiger partial charge in [-0.05, 0) is 44.0 Å². The Hall–Kier alpha value is -1.85. The van der Waals surface area contributed by atoms with Crippen LogP contribution in [0.2, 0.25) is 0 Å². The molecule has 1 spiro atoms. The minimum absolute atomic E-state index is 0.0410. The van der Waals surface area contributed by atoms with E-state index in [1.165, 1.54) is 15.5 Å². The summed E-state index contributed by atoms with van der Waals surface area (Å²) in [5, 5.41) is 2.84. The highest BCUT2D eigenvalue weighted by atomic mass is 32.2. The summed E-state index contributed by atoms with van der Waals surface area (Å²) in [7, 11) is -3.65. The molecule has 1 unspecified atom stereocenters. The lowest BCUT2D eigenvalue weighted by atomic mass is 9.98. The third kappa shape index (κ3) is 4.83. The molecule has 4 rings (SSSR count). The smallest absolute Gasteiger partial charge is 0.282 e. The quantitative estimate of drug-likeness (QED) is 0.682. The first-order valence-corrected chi connectivity index (χ1v) is 12.1. The van der Waals surface area contributed by atoms with Crippen LogP contribution in [-0.4, -0.2) is 73.9 Å². The van der Waals surface area contributed by atoms with E-state index in [4.69, 9.17) is 9.47 Å². The van der Waals surface area contributed by atoms with Crippen LogP contribution in [0.25, 0.3) is 0 Å². The van der Waals surface area contributed by atoms with E-state index >= 15 is 0 Å². The number of nitrogens with zero attached hydrogens (tertiary/aromatic N) is 2. The molecular weight excluding hydrogens is 422 g/mol. The van der Waals surface area contributed by atoms with Gasteiger partial charge in [0.25, 0.3) is 10.2 Å². The Morgan fingerprint density at radius 3 is 2.29 bits per heavy atom. The Kier molecular flexibility index (Phi) is 6.45. The van der Waals surface area contributed by atoms with Crippen molar-refractivity contribution in [3.05, 3.63) is 29.8 Å². The highest BCUT2D eigenvalue weighted by Crippen LogP contribution is 2.33. The Balaban J connectivity index is 1.36. The first kappa shape index (κ1) is 22.3. The monoisotopic (exact) mass is 451 g/mol. The molecule has 0 aliphatic carbocycles. The molecule has 0 bridgehead atoms. The number of nitrogens with one attached hydrogen (secondary N) is 1. The van der Waals surface area contributed by atoms with E-state index in [9.17, 15) is 18.0 Å². The van der Waals surface area contributed by atoms with Gasteiger partial charge in [0.1, 0.15) is 0 Å². The second-order valence-electron chi connectivity index (χ2n) is 8.33. The highest BCUT2D eigenvalue weighted by molar-refractivity contribution is 7.86. The van der Waals surface area contributed by atoms with Gasteiger partial charge in [-0.25, -0.2) is 0 Å². The van der Waals surface area contributed by atoms with Crippen LogP contribution in [0.4, 0.5) is 5.69 Å². The zero-order chi connectivity index (χ0) is 22.1. The molecule has 1 aromatic carbocycles. The van der Waals surface area contributed by atoms with E-state index in [-0.39, 0.29) is 18.2 Å². The average molecular weight is 452 g/mol. The van der Waals surface area contributed by atoms with Crippen LogP contribution in [0.15, 0.2) is 24.3 Å². The fourth-order valence-electron chi connectivity index (χ4n) is 4.41. The van der Waals surface area contributed by atoms with E-state index in [2.05, 4.69) is 5.32 Å². The van der Waals surface area contributed by atoms with Gasteiger partial charge in [-0.15, -0.1) is 0 Å². The second kappa shape index (κ2) is 8.95. The van der Waals surface area contributed by atoms with Crippen molar-refractivity contribution in [2.75, 3.05) is 44.7 Å². The van der Waals surface area contributed by atoms with Gasteiger partial charge in [-0.2, -0.15) is 17.0 Å². The summed E-state index contributed by atoms with van der Waals surface area (Å²) >= 11 is 0. The molecule has 1 aromatic rings. The van der Waals surface area contributed by atoms with Crippen LogP contribution in [0.3, 0.4) is 0 Å². The van der Waals surface area contributed by atoms with Crippen molar-refractivity contribution < 1.29 is 27.5 Å². The normalized spacial score (nSPS) is 24.9. The molecule has 3 heterocycles. The van der Waals surface area contributed by atoms with Crippen LogP contribution < -0.4 is 5.32 Å². The Morgan fingerprint density at radius 1 is 1.03 bits per heavy atom. The summed E-state index contributed by atoms with van der Waals surface area (Å²) in [6.07, 6.45) is 2.29. The molecule has 3 saturated heterocycles. The molecule has 0 radical (unpaired) electrons. The van der Waals surface area contributed by atoms with E-state index in [1.807, 2.05) is 0 Å². The average Bonchev–Trinajstić information content (AvgIpc) is 3.22. The van der Waals surface area contributed by atoms with Gasteiger partial charge in [0, 0.05) is 50.3 Å². The number of carbonyl (C=O) groups excluding carboxylic acids is 2. The molecule has 0 saturated carbocycles. The van der Waals surface area contributed by atoms with Gasteiger partial charge in [-0.1, -0.05) is 0 Å². The van der Waals surface area contributed by atoms with Gasteiger partial charge >= 0.3 is 0 Å². The standard InChI is InChI=1S/C21H29N3O6S/c1-16(25)17-4-6-19(7-5-17)22-20(26)18-3-2-10-24(15-18)31(27,28)23-11-8-21(9-12-23)29-13-14-30-21/h4-7,18H,2-3,8-15H2,1H3,(H,22,26). The topological polar surface area (TPSA) is 105 Å². The number of amides is 1. The van der Waals surface area contributed by atoms with Crippen molar-refractivity contribution >= 4 is 27.6 Å². The first-order chi connectivity index (χ1) is 14.8. The SMILES string of the molecule is CC(=O)c1ccc(NC(=O)C2CCCN(S(=O)(=O)N3CCC4(CC3)OCCO4)C2)cc1. The van der Waals surface area contributed by atoms with Crippen molar-refractivity contribution in [1.82, 2.24) is 8.61 Å². The summed E-state index contributed by atoms with van der Waals surface area (Å²) in [6, 6.07) is 6.69. The highest BCUT2D eigenvalue weighted by Gasteiger charge is 2.44. The minimum Gasteiger partial charge on any atom is -0.347 e. The van der Waals surface area contributed by atoms with Crippen molar-refractivity contribution in [1.29, 1.82) is 0 Å². The summed E-state index contributed by atoms with van der Waals surface area (Å²) in [4.78, 5) is 24.2. The number of piperidine rings is 2. The van der Waals surface area contributed by atoms with Gasteiger partial charge < -0.3 is 14.8 Å². The summed E-state index contributed by atoms with van der Waals surface area (Å²) in [5.74, 6) is -1.30. The van der Waals surface area contributed by atoms with Crippen molar-refractivity contribution in [2.24, 2.45) is 5.92 Å². The molecule has 3 aliphatic rings. The predicted molar refractivity (Wildman–Crippen MR) is 114 cm³/mol. The number of benzene rings is 1. The predicted octanol–water partition coefficient (Wildman–Crippen LogP) is 1.62. The van der Waals surface area contributed by atoms with Gasteiger partial charge in [0.2, 0.25) is 5.91 Å². The van der Waals surface area contributed by atoms with E-state index < -0.39 is 21.9 Å². The Bertz CT molecular complexity index is 917. The molecule has 3 fully saturated rings. The number of Topliss-reactive ketones (excluding diaryl/α,β-unsaturated/α-hetero) is 1. The zero-order valence-electron chi connectivity index (χ0n) is 17.7. The summed E-state index contributed by atoms with van der Waals surface area (Å²) in [5.41, 5.74) is 1.16. The Morgan fingerprint density at radius 2 is 1.68 bits per heavy atom. The van der Waals surface area contributed by atoms with E-state index in [0.717, 1.165) is 0 Å². The van der Waals surface area contributed by atoms with E-state index in [0.29, 0.717) is 69.8 Å². The minimum atomic E-state index is -3.65. The maximum Gasteiger partial charge on any atom is 0.282 e. The van der Waals surface area contributed by atoms with Crippen molar-refractivity contribution in [3.8, 4) is 0 Å². The number of hydrogen-bond donors (Lipinski definition) is 1. The van der Waals surface area contributed by atoms with E-state index in [1.54, 1.807) is 24.3 Å². The number of ketones is 1. The van der Waals surface area contributed by atoms with Crippen molar-refractivity contribution in [2.45, 2.75) is 38.4 Å². The van der Waals surface area contributed by atoms with Gasteiger partial charge in [-0.3, -0.25) is 9.59 Å². The molecule has 1 amide bonds. The number of anilines is 1. The lowest BCUT2D eigenvalue weighted by Crippen LogP contribution is -2.54. The van der Waals surface area contributed by atoms with Crippen LogP contribution in [0.5, 0.6) is 0 Å². The molecule has 31 heavy (non-hydrogen) atoms. The second-order valence-corrected chi connectivity index (χ2v) is 10.3. The van der Waals surface area contributed by atoms with Crippen LogP contribution in [0, 0.1) is 5.92 Å². The first-order valence-electron chi connectivity index (χ1n) is 10.7. The van der Waals surface area contributed by atoms with Crippen LogP contribution in [-0.2, 0) is 24.5 Å². The molecule has 3 aliphatic heterocycles. The lowest BCUT2D eigenvalue weighted by Gasteiger charge is -2.40. The molecule has 170 valence electrons. The van der Waals surface area contributed by atoms with Crippen LogP contribution in [0.1, 0.15) is 43.0 Å². The lowest BCUT2D eigenvalue weighted by molar-refractivity contribution is -0.179. The largest absolute Gasteiger partial charge is 0.347 e. The molecule has 0 aromatic heterocycles. The maximum atomic E-state index is 13.2. The van der Waals surface area contributed by atoms with Crippen LogP contribution >= 0.6 is 0 Å². The number of ether oxygens (including phenoxy) is 2. The summed E-state index contributed by atoms with van der Waals surface area (Å²) < 4.78 is 40.6. The van der Waals surface area contributed by atoms with Crippen molar-refractivity contribution in [3.63, 3.8) is 0 Å². The molecular formula is C21H29N3O6S. The fourth-order valence-corrected chi connectivity index (χ4v) is 6.10. The Labute approximate surface area is 182 Å².